The molecule has 8 bridgehead atoms. The molecule has 46 heavy (non-hydrogen) atoms. The number of aliphatic carboxylic acids is 2. The zero-order chi connectivity index (χ0) is 32.7. The first kappa shape index (κ1) is 34.1. The van der Waals surface area contributed by atoms with E-state index >= 15 is 0 Å². The maximum absolute atomic E-state index is 12.5. The molecule has 0 aromatic carbocycles. The average Bonchev–Trinajstić information content (AvgIpc) is 3.67. The van der Waals surface area contributed by atoms with E-state index in [0.717, 1.165) is 11.1 Å². The number of hydrogen-bond donors (Lipinski definition) is 0. The Kier molecular flexibility index (Phi) is 9.84. The van der Waals surface area contributed by atoms with Crippen LogP contribution in [-0.4, -0.2) is 35.0 Å². The Morgan fingerprint density at radius 1 is 1.00 bits per heavy atom. The van der Waals surface area contributed by atoms with Crippen LogP contribution in [0.15, 0.2) is 85.4 Å². The Balaban J connectivity index is 0.00000480. The quantitative estimate of drug-likeness (QED) is 0.241. The van der Waals surface area contributed by atoms with Crippen LogP contribution in [0.3, 0.4) is 0 Å². The molecule has 0 amide bonds. The van der Waals surface area contributed by atoms with Crippen LogP contribution < -0.4 is 36.1 Å². The smallest absolute Gasteiger partial charge is 0.877 e. The Bertz CT molecular complexity index is 1960. The van der Waals surface area contributed by atoms with Gasteiger partial charge in [0.15, 0.2) is 0 Å². The summed E-state index contributed by atoms with van der Waals surface area (Å²) in [6, 6.07) is 0. The van der Waals surface area contributed by atoms with E-state index in [1.807, 2.05) is 20.8 Å². The summed E-state index contributed by atoms with van der Waals surface area (Å²) < 4.78 is 0. The molecule has 0 aliphatic carbocycles. The van der Waals surface area contributed by atoms with Crippen molar-refractivity contribution in [3.8, 4) is 0 Å². The number of fused-ring (bicyclic) bond motifs is 5. The van der Waals surface area contributed by atoms with E-state index in [9.17, 15) is 34.8 Å². The molecule has 1 aromatic rings. The normalized spacial score (nSPS) is 21.3. The number of rotatable bonds is 8. The van der Waals surface area contributed by atoms with E-state index in [4.69, 9.17) is 15.0 Å². The number of allylic oxidation sites excluding steroid dienone is 8. The van der Waals surface area contributed by atoms with Gasteiger partial charge in [-0.25, -0.2) is 9.98 Å². The van der Waals surface area contributed by atoms with Crippen molar-refractivity contribution in [1.82, 2.24) is 4.98 Å². The average molecular weight is 669 g/mol. The fraction of sp³-hybridized carbons (Fsp3) is 0.294. The molecule has 0 spiro atoms. The largest absolute Gasteiger partial charge is 2.00 e. The molecular formula is C34H29CuN4O7-3. The van der Waals surface area contributed by atoms with Crippen LogP contribution in [0.25, 0.3) is 11.6 Å². The SMILES string of the molecule is C=CC1=C(C)C2=NC1=CC1=NC(=C(CC)/C1=C/[O-])C=c1[n-]c(c(C(=O)[O-])c1C)=C(CC(=O)[O-])C1=NC(=C2)C(C)C1CCC(=O)[O-].[Cu+2]. The Morgan fingerprint density at radius 3 is 2.30 bits per heavy atom. The summed E-state index contributed by atoms with van der Waals surface area (Å²) in [6.45, 7) is 11.0. The number of nitrogens with zero attached hydrogens (tertiary/aromatic N) is 4. The Hall–Kier alpha value is -4.80. The molecule has 11 nitrogen and oxygen atoms in total. The standard InChI is InChI=1S/C34H34N4O7.Cu/c1-6-18-15(3)23-11-24-16(4)20(8-9-29(40)41)32(37-24)21(10-30(42)43)33-31(34(44)45)17(5)25(38-33)12-27-19(7-2)22(14-39)28(36-27)13-26(18)35-23;/h6,11-14,16,20H,1,7-10H2,2-5H3,(H5,35,36,37,38,39,40,41,42,43,44,45);/q;+2/p-5. The van der Waals surface area contributed by atoms with Crippen molar-refractivity contribution in [3.63, 3.8) is 0 Å². The summed E-state index contributed by atoms with van der Waals surface area (Å²) in [5.41, 5.74) is 4.82. The van der Waals surface area contributed by atoms with Crippen molar-refractivity contribution < 1.29 is 51.9 Å². The van der Waals surface area contributed by atoms with Crippen LogP contribution in [0, 0.1) is 18.8 Å². The van der Waals surface area contributed by atoms with E-state index in [2.05, 4.69) is 11.6 Å². The van der Waals surface area contributed by atoms with Gasteiger partial charge < -0.3 is 39.8 Å². The Labute approximate surface area is 275 Å². The predicted octanol–water partition coefficient (Wildman–Crippen LogP) is -1.28. The molecular weight excluding hydrogens is 640 g/mol. The van der Waals surface area contributed by atoms with Gasteiger partial charge in [0, 0.05) is 47.2 Å². The molecule has 5 rings (SSSR count). The molecule has 5 heterocycles. The molecule has 1 radical (unpaired) electrons. The van der Waals surface area contributed by atoms with E-state index < -0.39 is 36.2 Å². The second kappa shape index (κ2) is 13.3. The maximum atomic E-state index is 12.5. The van der Waals surface area contributed by atoms with Crippen molar-refractivity contribution >= 4 is 46.7 Å². The fourth-order valence-corrected chi connectivity index (χ4v) is 6.29. The predicted molar refractivity (Wildman–Crippen MR) is 159 cm³/mol. The van der Waals surface area contributed by atoms with E-state index in [-0.39, 0.29) is 63.0 Å². The van der Waals surface area contributed by atoms with Gasteiger partial charge in [-0.1, -0.05) is 38.1 Å². The summed E-state index contributed by atoms with van der Waals surface area (Å²) in [4.78, 5) is 55.0. The molecule has 2 unspecified atom stereocenters. The molecule has 1 aromatic heterocycles. The van der Waals surface area contributed by atoms with Crippen LogP contribution in [-0.2, 0) is 26.7 Å². The van der Waals surface area contributed by atoms with Gasteiger partial charge in [0.05, 0.1) is 28.8 Å². The van der Waals surface area contributed by atoms with E-state index in [1.165, 1.54) is 6.92 Å². The van der Waals surface area contributed by atoms with Gasteiger partial charge in [-0.15, -0.1) is 17.0 Å². The summed E-state index contributed by atoms with van der Waals surface area (Å²) in [5, 5.41) is 48.5. The van der Waals surface area contributed by atoms with Crippen LogP contribution >= 0.6 is 0 Å². The van der Waals surface area contributed by atoms with Crippen LogP contribution in [0.4, 0.5) is 0 Å². The zero-order valence-electron chi connectivity index (χ0n) is 25.5. The first-order valence-corrected chi connectivity index (χ1v) is 14.5. The summed E-state index contributed by atoms with van der Waals surface area (Å²) in [6.07, 6.45) is 6.76. The van der Waals surface area contributed by atoms with Crippen LogP contribution in [0.5, 0.6) is 0 Å². The summed E-state index contributed by atoms with van der Waals surface area (Å²) >= 11 is 0. The third-order valence-corrected chi connectivity index (χ3v) is 8.64. The molecule has 4 aliphatic heterocycles. The number of carboxylic acids is 3. The molecule has 2 atom stereocenters. The number of hydrogen-bond acceptors (Lipinski definition) is 10. The number of aromatic nitrogens is 1. The van der Waals surface area contributed by atoms with Crippen LogP contribution in [0.1, 0.15) is 62.4 Å². The van der Waals surface area contributed by atoms with Crippen molar-refractivity contribution in [1.29, 1.82) is 0 Å². The maximum Gasteiger partial charge on any atom is 2.00 e. The van der Waals surface area contributed by atoms with Gasteiger partial charge in [-0.2, -0.15) is 0 Å². The minimum absolute atomic E-state index is 0. The molecule has 12 heteroatoms. The van der Waals surface area contributed by atoms with Crippen LogP contribution in [0.2, 0.25) is 0 Å². The first-order chi connectivity index (χ1) is 21.4. The van der Waals surface area contributed by atoms with Gasteiger partial charge >= 0.3 is 17.1 Å². The first-order valence-electron chi connectivity index (χ1n) is 14.5. The van der Waals surface area contributed by atoms with Gasteiger partial charge in [0.2, 0.25) is 0 Å². The molecule has 4 aliphatic rings. The van der Waals surface area contributed by atoms with Crippen molar-refractivity contribution in [2.75, 3.05) is 0 Å². The van der Waals surface area contributed by atoms with Gasteiger partial charge in [0.25, 0.3) is 0 Å². The number of carboxylic acid groups (broad SMARTS) is 3. The fourth-order valence-electron chi connectivity index (χ4n) is 6.29. The van der Waals surface area contributed by atoms with Crippen molar-refractivity contribution in [2.45, 2.75) is 53.4 Å². The summed E-state index contributed by atoms with van der Waals surface area (Å²) in [5.74, 6) is -5.40. The third-order valence-electron chi connectivity index (χ3n) is 8.64. The molecule has 0 saturated carbocycles. The second-order valence-corrected chi connectivity index (χ2v) is 11.2. The van der Waals surface area contributed by atoms with Gasteiger partial charge in [0.1, 0.15) is 0 Å². The molecule has 0 fully saturated rings. The van der Waals surface area contributed by atoms with Gasteiger partial charge in [-0.05, 0) is 73.1 Å². The molecule has 0 saturated heterocycles. The van der Waals surface area contributed by atoms with E-state index in [1.54, 1.807) is 24.3 Å². The minimum Gasteiger partial charge on any atom is -0.877 e. The third kappa shape index (κ3) is 5.93. The monoisotopic (exact) mass is 668 g/mol. The number of carbonyl (C=O) groups excluding carboxylic acids is 3. The zero-order valence-corrected chi connectivity index (χ0v) is 26.5. The number of aromatic carboxylic acids is 1. The minimum atomic E-state index is -1.58. The Morgan fingerprint density at radius 2 is 1.72 bits per heavy atom. The topological polar surface area (TPSA) is 195 Å². The number of aliphatic imine (C=N–C) groups is 3. The molecule has 0 N–H and O–H groups in total. The van der Waals surface area contributed by atoms with Crippen molar-refractivity contribution in [2.24, 2.45) is 26.8 Å². The second-order valence-electron chi connectivity index (χ2n) is 11.2. The number of carbonyl (C=O) groups is 3. The van der Waals surface area contributed by atoms with Gasteiger partial charge in [-0.3, -0.25) is 4.99 Å². The van der Waals surface area contributed by atoms with Crippen molar-refractivity contribution in [3.05, 3.63) is 92.3 Å². The molecule has 241 valence electrons. The van der Waals surface area contributed by atoms with E-state index in [0.29, 0.717) is 52.3 Å². The summed E-state index contributed by atoms with van der Waals surface area (Å²) in [7, 11) is 0.